The van der Waals surface area contributed by atoms with E-state index in [0.717, 1.165) is 19.2 Å². The normalized spacial score (nSPS) is 25.4. The molecule has 5 heteroatoms. The van der Waals surface area contributed by atoms with Gasteiger partial charge in [0.15, 0.2) is 11.6 Å². The molecule has 0 aromatic heterocycles. The van der Waals surface area contributed by atoms with E-state index < -0.39 is 11.6 Å². The van der Waals surface area contributed by atoms with Gasteiger partial charge in [0.05, 0.1) is 0 Å². The van der Waals surface area contributed by atoms with Gasteiger partial charge in [-0.25, -0.2) is 8.78 Å². The summed E-state index contributed by atoms with van der Waals surface area (Å²) in [6.07, 6.45) is 0. The van der Waals surface area contributed by atoms with Gasteiger partial charge in [-0.05, 0) is 37.7 Å². The number of halogens is 2. The Balaban J connectivity index is 1.98. The van der Waals surface area contributed by atoms with Crippen LogP contribution in [0.1, 0.15) is 18.5 Å². The molecule has 0 saturated carbocycles. The number of nitrogens with zero attached hydrogens (tertiary/aromatic N) is 2. The first-order valence-corrected chi connectivity index (χ1v) is 6.97. The van der Waals surface area contributed by atoms with Crippen LogP contribution in [0.4, 0.5) is 8.78 Å². The van der Waals surface area contributed by atoms with E-state index in [4.69, 9.17) is 5.73 Å². The molecule has 1 aliphatic rings. The zero-order valence-corrected chi connectivity index (χ0v) is 12.3. The topological polar surface area (TPSA) is 32.5 Å². The fourth-order valence-corrected chi connectivity index (χ4v) is 3.00. The van der Waals surface area contributed by atoms with Crippen molar-refractivity contribution in [2.24, 2.45) is 11.7 Å². The monoisotopic (exact) mass is 283 g/mol. The van der Waals surface area contributed by atoms with Crippen molar-refractivity contribution in [2.45, 2.75) is 19.0 Å². The predicted octanol–water partition coefficient (Wildman–Crippen LogP) is 1.85. The van der Waals surface area contributed by atoms with Gasteiger partial charge in [0.25, 0.3) is 0 Å². The maximum atomic E-state index is 13.2. The van der Waals surface area contributed by atoms with E-state index >= 15 is 0 Å². The second kappa shape index (κ2) is 6.16. The van der Waals surface area contributed by atoms with E-state index in [0.29, 0.717) is 24.1 Å². The second-order valence-electron chi connectivity index (χ2n) is 6.01. The number of rotatable bonds is 4. The molecule has 1 heterocycles. The minimum atomic E-state index is -0.834. The Kier molecular flexibility index (Phi) is 4.73. The Morgan fingerprint density at radius 3 is 2.55 bits per heavy atom. The molecule has 1 fully saturated rings. The number of likely N-dealkylation sites (tertiary alicyclic amines) is 1. The van der Waals surface area contributed by atoms with E-state index in [1.807, 2.05) is 0 Å². The predicted molar refractivity (Wildman–Crippen MR) is 76.4 cm³/mol. The van der Waals surface area contributed by atoms with Gasteiger partial charge in [0.1, 0.15) is 0 Å². The maximum absolute atomic E-state index is 13.2. The smallest absolute Gasteiger partial charge is 0.159 e. The summed E-state index contributed by atoms with van der Waals surface area (Å²) in [4.78, 5) is 4.52. The Labute approximate surface area is 119 Å². The molecule has 2 N–H and O–H groups in total. The molecule has 3 unspecified atom stereocenters. The van der Waals surface area contributed by atoms with Crippen molar-refractivity contribution in [1.82, 2.24) is 9.80 Å². The highest BCUT2D eigenvalue weighted by Crippen LogP contribution is 2.23. The van der Waals surface area contributed by atoms with Crippen molar-refractivity contribution in [1.29, 1.82) is 0 Å². The van der Waals surface area contributed by atoms with E-state index in [1.54, 1.807) is 6.07 Å². The minimum Gasteiger partial charge on any atom is -0.323 e. The van der Waals surface area contributed by atoms with Crippen molar-refractivity contribution in [3.8, 4) is 0 Å². The molecule has 3 nitrogen and oxygen atoms in total. The molecule has 0 bridgehead atoms. The Hall–Kier alpha value is -1.04. The standard InChI is InChI=1S/C15H23F2N3/c1-10-7-20(9-15(10)19(2)3)8-14(18)11-4-5-12(16)13(17)6-11/h4-6,10,14-15H,7-9,18H2,1-3H3. The van der Waals surface area contributed by atoms with Crippen LogP contribution >= 0.6 is 0 Å². The lowest BCUT2D eigenvalue weighted by molar-refractivity contribution is 0.248. The second-order valence-corrected chi connectivity index (χ2v) is 6.01. The third kappa shape index (κ3) is 3.34. The van der Waals surface area contributed by atoms with E-state index in [1.165, 1.54) is 6.07 Å². The van der Waals surface area contributed by atoms with Crippen molar-refractivity contribution in [3.05, 3.63) is 35.4 Å². The van der Waals surface area contributed by atoms with Gasteiger partial charge in [-0.2, -0.15) is 0 Å². The van der Waals surface area contributed by atoms with Gasteiger partial charge in [0.2, 0.25) is 0 Å². The number of hydrogen-bond acceptors (Lipinski definition) is 3. The van der Waals surface area contributed by atoms with Crippen molar-refractivity contribution in [3.63, 3.8) is 0 Å². The molecule has 1 aromatic carbocycles. The lowest BCUT2D eigenvalue weighted by atomic mass is 10.1. The fourth-order valence-electron chi connectivity index (χ4n) is 3.00. The molecule has 0 spiro atoms. The minimum absolute atomic E-state index is 0.293. The van der Waals surface area contributed by atoms with Gasteiger partial charge in [-0.15, -0.1) is 0 Å². The first-order chi connectivity index (χ1) is 9.38. The van der Waals surface area contributed by atoms with Gasteiger partial charge in [-0.1, -0.05) is 13.0 Å². The van der Waals surface area contributed by atoms with Crippen molar-refractivity contribution in [2.75, 3.05) is 33.7 Å². The van der Waals surface area contributed by atoms with E-state index in [-0.39, 0.29) is 6.04 Å². The molecule has 1 aliphatic heterocycles. The van der Waals surface area contributed by atoms with Crippen molar-refractivity contribution < 1.29 is 8.78 Å². The first kappa shape index (κ1) is 15.4. The molecule has 2 rings (SSSR count). The number of benzene rings is 1. The largest absolute Gasteiger partial charge is 0.323 e. The highest BCUT2D eigenvalue weighted by Gasteiger charge is 2.31. The van der Waals surface area contributed by atoms with Gasteiger partial charge in [-0.3, -0.25) is 4.90 Å². The summed E-state index contributed by atoms with van der Waals surface area (Å²) < 4.78 is 26.2. The molecule has 112 valence electrons. The average Bonchev–Trinajstić information content (AvgIpc) is 2.73. The molecule has 0 amide bonds. The zero-order chi connectivity index (χ0) is 14.9. The summed E-state index contributed by atoms with van der Waals surface area (Å²) in [5.74, 6) is -1.08. The number of hydrogen-bond donors (Lipinski definition) is 1. The van der Waals surface area contributed by atoms with Crippen LogP contribution in [0, 0.1) is 17.6 Å². The average molecular weight is 283 g/mol. The molecule has 0 radical (unpaired) electrons. The Bertz CT molecular complexity index is 464. The third-order valence-electron chi connectivity index (χ3n) is 4.14. The Morgan fingerprint density at radius 1 is 1.30 bits per heavy atom. The molecule has 0 aliphatic carbocycles. The number of nitrogens with two attached hydrogens (primary N) is 1. The van der Waals surface area contributed by atoms with Gasteiger partial charge < -0.3 is 10.6 Å². The summed E-state index contributed by atoms with van der Waals surface area (Å²) in [6.45, 7) is 4.85. The van der Waals surface area contributed by atoms with Crippen LogP contribution in [0.3, 0.4) is 0 Å². The molecule has 3 atom stereocenters. The maximum Gasteiger partial charge on any atom is 0.159 e. The van der Waals surface area contributed by atoms with Crippen LogP contribution in [0.2, 0.25) is 0 Å². The van der Waals surface area contributed by atoms with Crippen LogP contribution in [0.25, 0.3) is 0 Å². The molecule has 1 saturated heterocycles. The first-order valence-electron chi connectivity index (χ1n) is 6.97. The van der Waals surface area contributed by atoms with Gasteiger partial charge >= 0.3 is 0 Å². The lowest BCUT2D eigenvalue weighted by Gasteiger charge is -2.23. The summed E-state index contributed by atoms with van der Waals surface area (Å²) in [5, 5.41) is 0. The van der Waals surface area contributed by atoms with Gasteiger partial charge in [0, 0.05) is 31.7 Å². The van der Waals surface area contributed by atoms with Crippen LogP contribution in [-0.4, -0.2) is 49.6 Å². The summed E-state index contributed by atoms with van der Waals surface area (Å²) >= 11 is 0. The quantitative estimate of drug-likeness (QED) is 0.915. The Morgan fingerprint density at radius 2 is 2.00 bits per heavy atom. The van der Waals surface area contributed by atoms with Crippen LogP contribution in [0.15, 0.2) is 18.2 Å². The molecule has 1 aromatic rings. The molecular weight excluding hydrogens is 260 g/mol. The molecular formula is C15H23F2N3. The van der Waals surface area contributed by atoms with Crippen LogP contribution in [0.5, 0.6) is 0 Å². The van der Waals surface area contributed by atoms with Crippen LogP contribution < -0.4 is 5.73 Å². The lowest BCUT2D eigenvalue weighted by Crippen LogP contribution is -2.36. The van der Waals surface area contributed by atoms with E-state index in [2.05, 4.69) is 30.8 Å². The highest BCUT2D eigenvalue weighted by molar-refractivity contribution is 5.21. The fraction of sp³-hybridized carbons (Fsp3) is 0.600. The third-order valence-corrected chi connectivity index (χ3v) is 4.14. The number of likely N-dealkylation sites (N-methyl/N-ethyl adjacent to an activating group) is 1. The summed E-state index contributed by atoms with van der Waals surface area (Å²) in [6, 6.07) is 4.12. The SMILES string of the molecule is CC1CN(CC(N)c2ccc(F)c(F)c2)CC1N(C)C. The van der Waals surface area contributed by atoms with E-state index in [9.17, 15) is 8.78 Å². The highest BCUT2D eigenvalue weighted by atomic mass is 19.2. The molecule has 20 heavy (non-hydrogen) atoms. The van der Waals surface area contributed by atoms with Crippen molar-refractivity contribution >= 4 is 0 Å². The zero-order valence-electron chi connectivity index (χ0n) is 12.3. The summed E-state index contributed by atoms with van der Waals surface area (Å²) in [7, 11) is 4.17. The van der Waals surface area contributed by atoms with Crippen LogP contribution in [-0.2, 0) is 0 Å². The summed E-state index contributed by atoms with van der Waals surface area (Å²) in [5.41, 5.74) is 6.76.